The summed E-state index contributed by atoms with van der Waals surface area (Å²) in [6, 6.07) is 13.0. The number of carbonyl (C=O) groups excluding carboxylic acids is 2. The van der Waals surface area contributed by atoms with Crippen molar-refractivity contribution in [1.29, 1.82) is 0 Å². The number of hydrogen-bond acceptors (Lipinski definition) is 4. The van der Waals surface area contributed by atoms with E-state index < -0.39 is 11.9 Å². The van der Waals surface area contributed by atoms with E-state index in [1.807, 2.05) is 0 Å². The van der Waals surface area contributed by atoms with Gasteiger partial charge in [0.25, 0.3) is 5.91 Å². The second-order valence-electron chi connectivity index (χ2n) is 5.67. The van der Waals surface area contributed by atoms with Crippen molar-refractivity contribution in [1.82, 2.24) is 9.78 Å². The van der Waals surface area contributed by atoms with Gasteiger partial charge in [0.05, 0.1) is 11.9 Å². The van der Waals surface area contributed by atoms with E-state index >= 15 is 0 Å². The van der Waals surface area contributed by atoms with Crippen LogP contribution in [0.1, 0.15) is 36.8 Å². The fourth-order valence-electron chi connectivity index (χ4n) is 2.60. The minimum absolute atomic E-state index is 0.129. The molecule has 0 saturated heterocycles. The summed E-state index contributed by atoms with van der Waals surface area (Å²) in [7, 11) is 1.46. The lowest BCUT2D eigenvalue weighted by Crippen LogP contribution is -2.21. The molecule has 8 heteroatoms. The highest BCUT2D eigenvalue weighted by molar-refractivity contribution is 6.31. The Balaban J connectivity index is 1.99. The lowest BCUT2D eigenvalue weighted by atomic mass is 10.0. The lowest BCUT2D eigenvalue weighted by molar-refractivity contribution is 0.0692. The second kappa shape index (κ2) is 7.43. The normalized spacial score (nSPS) is 10.4. The molecule has 0 aliphatic carbocycles. The number of rotatable bonds is 5. The summed E-state index contributed by atoms with van der Waals surface area (Å²) in [5.74, 6) is -2.29. The molecule has 3 aromatic rings. The highest BCUT2D eigenvalue weighted by atomic mass is 35.5. The van der Waals surface area contributed by atoms with Crippen molar-refractivity contribution in [2.75, 3.05) is 5.32 Å². The maximum absolute atomic E-state index is 12.8. The average molecular weight is 384 g/mol. The Morgan fingerprint density at radius 3 is 2.44 bits per heavy atom. The Morgan fingerprint density at radius 1 is 1.07 bits per heavy atom. The first kappa shape index (κ1) is 18.3. The topological polar surface area (TPSA) is 101 Å². The van der Waals surface area contributed by atoms with Crippen LogP contribution in [-0.2, 0) is 7.05 Å². The molecular formula is C19H14ClN3O4. The molecule has 27 heavy (non-hydrogen) atoms. The molecule has 3 rings (SSSR count). The molecule has 0 saturated carbocycles. The first-order valence-electron chi connectivity index (χ1n) is 7.84. The zero-order valence-corrected chi connectivity index (χ0v) is 14.9. The van der Waals surface area contributed by atoms with Gasteiger partial charge in [-0.25, -0.2) is 4.79 Å². The number of benzene rings is 2. The Hall–Kier alpha value is -3.45. The van der Waals surface area contributed by atoms with Crippen molar-refractivity contribution in [3.63, 3.8) is 0 Å². The van der Waals surface area contributed by atoms with Crippen LogP contribution in [0.5, 0.6) is 0 Å². The van der Waals surface area contributed by atoms with Gasteiger partial charge < -0.3 is 10.4 Å². The molecule has 2 aromatic carbocycles. The van der Waals surface area contributed by atoms with Crippen LogP contribution in [0.25, 0.3) is 0 Å². The minimum atomic E-state index is -1.27. The standard InChI is InChI=1S/C19H14ClN3O4/c1-23-16(14(10-21-23)19(26)27)18(25)22-15-8-7-12(20)9-13(15)17(24)11-5-3-2-4-6-11/h2-10H,1H3,(H,22,25)(H,26,27). The van der Waals surface area contributed by atoms with Gasteiger partial charge in [-0.1, -0.05) is 41.9 Å². The van der Waals surface area contributed by atoms with Gasteiger partial charge in [-0.3, -0.25) is 14.3 Å². The molecule has 0 atom stereocenters. The summed E-state index contributed by atoms with van der Waals surface area (Å²) in [5, 5.41) is 15.9. The number of amides is 1. The largest absolute Gasteiger partial charge is 0.478 e. The molecule has 2 N–H and O–H groups in total. The predicted octanol–water partition coefficient (Wildman–Crippen LogP) is 3.26. The third-order valence-corrected chi connectivity index (χ3v) is 4.13. The maximum atomic E-state index is 12.8. The van der Waals surface area contributed by atoms with Crippen molar-refractivity contribution in [2.45, 2.75) is 0 Å². The van der Waals surface area contributed by atoms with E-state index in [4.69, 9.17) is 11.6 Å². The van der Waals surface area contributed by atoms with Crippen molar-refractivity contribution in [2.24, 2.45) is 7.05 Å². The summed E-state index contributed by atoms with van der Waals surface area (Å²) >= 11 is 6.02. The highest BCUT2D eigenvalue weighted by Crippen LogP contribution is 2.24. The minimum Gasteiger partial charge on any atom is -0.478 e. The molecule has 0 fully saturated rings. The molecule has 7 nitrogen and oxygen atoms in total. The number of aryl methyl sites for hydroxylation is 1. The Bertz CT molecular complexity index is 1040. The van der Waals surface area contributed by atoms with Gasteiger partial charge in [-0.05, 0) is 18.2 Å². The Morgan fingerprint density at radius 2 is 1.78 bits per heavy atom. The van der Waals surface area contributed by atoms with E-state index in [1.54, 1.807) is 30.3 Å². The quantitative estimate of drug-likeness (QED) is 0.658. The molecule has 136 valence electrons. The average Bonchev–Trinajstić information content (AvgIpc) is 3.05. The number of hydrogen-bond donors (Lipinski definition) is 2. The smallest absolute Gasteiger partial charge is 0.339 e. The summed E-state index contributed by atoms with van der Waals surface area (Å²) < 4.78 is 1.16. The van der Waals surface area contributed by atoms with E-state index in [0.29, 0.717) is 10.6 Å². The number of ketones is 1. The van der Waals surface area contributed by atoms with Gasteiger partial charge in [-0.15, -0.1) is 0 Å². The Kier molecular flexibility index (Phi) is 5.05. The van der Waals surface area contributed by atoms with Crippen molar-refractivity contribution in [3.8, 4) is 0 Å². The number of halogens is 1. The fourth-order valence-corrected chi connectivity index (χ4v) is 2.78. The van der Waals surface area contributed by atoms with Gasteiger partial charge >= 0.3 is 5.97 Å². The zero-order chi connectivity index (χ0) is 19.6. The lowest BCUT2D eigenvalue weighted by Gasteiger charge is -2.12. The van der Waals surface area contributed by atoms with E-state index in [0.717, 1.165) is 10.9 Å². The van der Waals surface area contributed by atoms with Gasteiger partial charge in [0, 0.05) is 23.2 Å². The summed E-state index contributed by atoms with van der Waals surface area (Å²) in [4.78, 5) is 36.7. The molecule has 1 heterocycles. The van der Waals surface area contributed by atoms with E-state index in [-0.39, 0.29) is 28.3 Å². The fraction of sp³-hybridized carbons (Fsp3) is 0.0526. The van der Waals surface area contributed by atoms with Crippen molar-refractivity contribution in [3.05, 3.63) is 82.1 Å². The van der Waals surface area contributed by atoms with Crippen LogP contribution in [0.4, 0.5) is 5.69 Å². The molecule has 0 radical (unpaired) electrons. The van der Waals surface area contributed by atoms with E-state index in [2.05, 4.69) is 10.4 Å². The molecule has 0 aliphatic heterocycles. The maximum Gasteiger partial charge on any atom is 0.339 e. The number of carboxylic acid groups (broad SMARTS) is 1. The number of nitrogens with zero attached hydrogens (tertiary/aromatic N) is 2. The van der Waals surface area contributed by atoms with Gasteiger partial charge in [0.1, 0.15) is 11.3 Å². The van der Waals surface area contributed by atoms with E-state index in [9.17, 15) is 19.5 Å². The third kappa shape index (κ3) is 3.73. The number of nitrogens with one attached hydrogen (secondary N) is 1. The van der Waals surface area contributed by atoms with Gasteiger partial charge in [0.2, 0.25) is 0 Å². The number of aromatic carboxylic acids is 1. The summed E-state index contributed by atoms with van der Waals surface area (Å²) in [6.45, 7) is 0. The van der Waals surface area contributed by atoms with Crippen molar-refractivity contribution >= 4 is 34.9 Å². The summed E-state index contributed by atoms with van der Waals surface area (Å²) in [5.41, 5.74) is 0.481. The van der Waals surface area contributed by atoms with Gasteiger partial charge in [0.15, 0.2) is 5.78 Å². The van der Waals surface area contributed by atoms with E-state index in [1.165, 1.54) is 25.2 Å². The second-order valence-corrected chi connectivity index (χ2v) is 6.11. The molecule has 0 aliphatic rings. The zero-order valence-electron chi connectivity index (χ0n) is 14.1. The highest BCUT2D eigenvalue weighted by Gasteiger charge is 2.23. The molecule has 1 aromatic heterocycles. The number of carboxylic acids is 1. The first-order valence-corrected chi connectivity index (χ1v) is 8.22. The Labute approximate surface area is 159 Å². The number of carbonyl (C=O) groups is 3. The van der Waals surface area contributed by atoms with Crippen LogP contribution in [0.15, 0.2) is 54.7 Å². The molecule has 0 bridgehead atoms. The van der Waals surface area contributed by atoms with Crippen LogP contribution < -0.4 is 5.32 Å². The van der Waals surface area contributed by atoms with Gasteiger partial charge in [-0.2, -0.15) is 5.10 Å². The monoisotopic (exact) mass is 383 g/mol. The third-order valence-electron chi connectivity index (χ3n) is 3.89. The molecule has 0 unspecified atom stereocenters. The van der Waals surface area contributed by atoms with Crippen LogP contribution >= 0.6 is 11.6 Å². The van der Waals surface area contributed by atoms with Crippen LogP contribution in [-0.4, -0.2) is 32.5 Å². The molecule has 0 spiro atoms. The van der Waals surface area contributed by atoms with Crippen LogP contribution in [0.3, 0.4) is 0 Å². The summed E-state index contributed by atoms with van der Waals surface area (Å²) in [6.07, 6.45) is 1.09. The molecular weight excluding hydrogens is 370 g/mol. The van der Waals surface area contributed by atoms with Crippen LogP contribution in [0, 0.1) is 0 Å². The molecule has 1 amide bonds. The SMILES string of the molecule is Cn1ncc(C(=O)O)c1C(=O)Nc1ccc(Cl)cc1C(=O)c1ccccc1. The predicted molar refractivity (Wildman–Crippen MR) is 99.4 cm³/mol. The first-order chi connectivity index (χ1) is 12.9. The van der Waals surface area contributed by atoms with Crippen molar-refractivity contribution < 1.29 is 19.5 Å². The number of aromatic nitrogens is 2. The number of anilines is 1. The van der Waals surface area contributed by atoms with Crippen LogP contribution in [0.2, 0.25) is 5.02 Å².